The van der Waals surface area contributed by atoms with Gasteiger partial charge in [-0.05, 0) is 35.9 Å². The Labute approximate surface area is 185 Å². The van der Waals surface area contributed by atoms with E-state index in [9.17, 15) is 12.8 Å². The van der Waals surface area contributed by atoms with Gasteiger partial charge in [0.05, 0.1) is 19.3 Å². The monoisotopic (exact) mass is 457 g/mol. The summed E-state index contributed by atoms with van der Waals surface area (Å²) in [6.07, 6.45) is 0. The van der Waals surface area contributed by atoms with Crippen molar-refractivity contribution >= 4 is 21.7 Å². The Bertz CT molecular complexity index is 1310. The summed E-state index contributed by atoms with van der Waals surface area (Å²) in [4.78, 5) is 4.14. The van der Waals surface area contributed by atoms with Gasteiger partial charge in [0.2, 0.25) is 5.96 Å². The fraction of sp³-hybridized carbons (Fsp3) is 0.174. The lowest BCUT2D eigenvalue weighted by Crippen LogP contribution is -2.41. The van der Waals surface area contributed by atoms with Crippen LogP contribution in [0.3, 0.4) is 0 Å². The highest BCUT2D eigenvalue weighted by Gasteiger charge is 2.32. The maximum atomic E-state index is 15.0. The van der Waals surface area contributed by atoms with E-state index < -0.39 is 27.6 Å². The van der Waals surface area contributed by atoms with Gasteiger partial charge in [0.25, 0.3) is 10.0 Å². The van der Waals surface area contributed by atoms with Crippen LogP contribution in [0, 0.1) is 11.6 Å². The number of methoxy groups -OCH3 is 1. The van der Waals surface area contributed by atoms with Crippen LogP contribution in [0.4, 0.5) is 14.5 Å². The molecule has 1 aliphatic heterocycles. The van der Waals surface area contributed by atoms with E-state index in [1.807, 2.05) is 0 Å². The molecular formula is C23H21F2N3O3S. The number of aliphatic imine (C=N–C) groups is 1. The number of halogens is 2. The van der Waals surface area contributed by atoms with Crippen molar-refractivity contribution in [3.63, 3.8) is 0 Å². The highest BCUT2D eigenvalue weighted by molar-refractivity contribution is 7.90. The molecule has 4 rings (SSSR count). The van der Waals surface area contributed by atoms with Crippen LogP contribution in [0.25, 0.3) is 0 Å². The minimum atomic E-state index is -3.99. The molecule has 166 valence electrons. The number of benzene rings is 3. The third kappa shape index (κ3) is 4.16. The van der Waals surface area contributed by atoms with Gasteiger partial charge in [-0.25, -0.2) is 26.9 Å². The molecule has 0 spiro atoms. The highest BCUT2D eigenvalue weighted by atomic mass is 32.2. The zero-order valence-corrected chi connectivity index (χ0v) is 18.2. The standard InChI is InChI=1S/C23H21F2N3O3S/c1-14(17-8-3-4-9-19(17)31-2)21-18(25)10-11-20-22(21)27-23(28-32(20,29)30)26-13-15-6-5-7-16(24)12-15/h3-12,14H,13H2,1-2H3,(H2,26,27,28). The van der Waals surface area contributed by atoms with Crippen molar-refractivity contribution < 1.29 is 21.9 Å². The van der Waals surface area contributed by atoms with Crippen molar-refractivity contribution in [2.24, 2.45) is 4.99 Å². The summed E-state index contributed by atoms with van der Waals surface area (Å²) in [5.41, 5.74) is 1.56. The quantitative estimate of drug-likeness (QED) is 0.596. The molecule has 0 amide bonds. The summed E-state index contributed by atoms with van der Waals surface area (Å²) in [5, 5.41) is 2.92. The molecule has 0 aliphatic carbocycles. The second-order valence-electron chi connectivity index (χ2n) is 7.32. The maximum Gasteiger partial charge on any atom is 0.266 e. The van der Waals surface area contributed by atoms with Crippen molar-refractivity contribution in [3.8, 4) is 5.75 Å². The van der Waals surface area contributed by atoms with E-state index in [2.05, 4.69) is 15.0 Å². The number of anilines is 1. The van der Waals surface area contributed by atoms with Gasteiger partial charge in [-0.15, -0.1) is 0 Å². The lowest BCUT2D eigenvalue weighted by Gasteiger charge is -2.27. The van der Waals surface area contributed by atoms with E-state index in [1.165, 1.54) is 25.3 Å². The Hall–Kier alpha value is -3.46. The van der Waals surface area contributed by atoms with Crippen LogP contribution in [-0.4, -0.2) is 21.5 Å². The number of nitrogens with zero attached hydrogens (tertiary/aromatic N) is 1. The Morgan fingerprint density at radius 2 is 1.84 bits per heavy atom. The van der Waals surface area contributed by atoms with Crippen LogP contribution in [0.2, 0.25) is 0 Å². The zero-order chi connectivity index (χ0) is 22.9. The molecule has 2 N–H and O–H groups in total. The summed E-state index contributed by atoms with van der Waals surface area (Å²) in [6.45, 7) is 1.81. The molecule has 1 atom stereocenters. The second kappa shape index (κ2) is 8.58. The molecule has 6 nitrogen and oxygen atoms in total. The average molecular weight is 458 g/mol. The first-order valence-corrected chi connectivity index (χ1v) is 11.3. The molecule has 3 aromatic rings. The average Bonchev–Trinajstić information content (AvgIpc) is 2.76. The molecule has 0 radical (unpaired) electrons. The molecule has 0 aromatic heterocycles. The first kappa shape index (κ1) is 21.8. The Balaban J connectivity index is 1.78. The van der Waals surface area contributed by atoms with E-state index in [1.54, 1.807) is 43.3 Å². The van der Waals surface area contributed by atoms with Crippen molar-refractivity contribution in [3.05, 3.63) is 89.0 Å². The largest absolute Gasteiger partial charge is 0.496 e. The van der Waals surface area contributed by atoms with E-state index in [4.69, 9.17) is 4.74 Å². The van der Waals surface area contributed by atoms with Crippen LogP contribution in [0.15, 0.2) is 70.6 Å². The molecular weight excluding hydrogens is 436 g/mol. The number of hydrogen-bond donors (Lipinski definition) is 2. The second-order valence-corrected chi connectivity index (χ2v) is 8.97. The molecule has 3 aromatic carbocycles. The van der Waals surface area contributed by atoms with Gasteiger partial charge in [-0.1, -0.05) is 37.3 Å². The minimum Gasteiger partial charge on any atom is -0.496 e. The Morgan fingerprint density at radius 1 is 1.06 bits per heavy atom. The smallest absolute Gasteiger partial charge is 0.266 e. The molecule has 0 saturated carbocycles. The van der Waals surface area contributed by atoms with Gasteiger partial charge < -0.3 is 10.1 Å². The fourth-order valence-corrected chi connectivity index (χ4v) is 4.89. The number of rotatable bonds is 5. The number of nitrogens with one attached hydrogen (secondary N) is 2. The number of para-hydroxylation sites is 1. The Kier molecular flexibility index (Phi) is 5.84. The normalized spacial score (nSPS) is 16.6. The van der Waals surface area contributed by atoms with Gasteiger partial charge in [-0.2, -0.15) is 0 Å². The van der Waals surface area contributed by atoms with E-state index in [0.717, 1.165) is 6.07 Å². The summed E-state index contributed by atoms with van der Waals surface area (Å²) in [6, 6.07) is 15.3. The van der Waals surface area contributed by atoms with Crippen molar-refractivity contribution in [2.45, 2.75) is 24.3 Å². The zero-order valence-electron chi connectivity index (χ0n) is 17.4. The molecule has 1 aliphatic rings. The summed E-state index contributed by atoms with van der Waals surface area (Å²) < 4.78 is 61.9. The molecule has 0 fully saturated rings. The van der Waals surface area contributed by atoms with Crippen LogP contribution in [0.1, 0.15) is 29.5 Å². The highest BCUT2D eigenvalue weighted by Crippen LogP contribution is 2.40. The lowest BCUT2D eigenvalue weighted by molar-refractivity contribution is 0.408. The summed E-state index contributed by atoms with van der Waals surface area (Å²) in [5.74, 6) is -1.00. The van der Waals surface area contributed by atoms with Crippen molar-refractivity contribution in [1.82, 2.24) is 4.72 Å². The van der Waals surface area contributed by atoms with Crippen molar-refractivity contribution in [2.75, 3.05) is 12.4 Å². The summed E-state index contributed by atoms with van der Waals surface area (Å²) in [7, 11) is -2.47. The van der Waals surface area contributed by atoms with Crippen LogP contribution >= 0.6 is 0 Å². The van der Waals surface area contributed by atoms with E-state index in [-0.39, 0.29) is 28.7 Å². The number of hydrogen-bond acceptors (Lipinski definition) is 4. The molecule has 0 saturated heterocycles. The van der Waals surface area contributed by atoms with Crippen LogP contribution in [0.5, 0.6) is 5.75 Å². The van der Waals surface area contributed by atoms with E-state index >= 15 is 4.39 Å². The minimum absolute atomic E-state index is 0.0324. The third-order valence-corrected chi connectivity index (χ3v) is 6.65. The first-order chi connectivity index (χ1) is 15.3. The van der Waals surface area contributed by atoms with Gasteiger partial charge in [0, 0.05) is 17.0 Å². The molecule has 1 heterocycles. The SMILES string of the molecule is COc1ccccc1C(C)c1c(F)ccc2c1NC(=NCc1cccc(F)c1)NS2(=O)=O. The van der Waals surface area contributed by atoms with Gasteiger partial charge in [-0.3, -0.25) is 0 Å². The predicted molar refractivity (Wildman–Crippen MR) is 118 cm³/mol. The number of ether oxygens (including phenoxy) is 1. The van der Waals surface area contributed by atoms with Crippen molar-refractivity contribution in [1.29, 1.82) is 0 Å². The van der Waals surface area contributed by atoms with Crippen LogP contribution < -0.4 is 14.8 Å². The maximum absolute atomic E-state index is 15.0. The Morgan fingerprint density at radius 3 is 2.59 bits per heavy atom. The molecule has 0 bridgehead atoms. The predicted octanol–water partition coefficient (Wildman–Crippen LogP) is 4.39. The van der Waals surface area contributed by atoms with Gasteiger partial charge in [0.15, 0.2) is 0 Å². The lowest BCUT2D eigenvalue weighted by atomic mass is 9.90. The van der Waals surface area contributed by atoms with Gasteiger partial charge in [0.1, 0.15) is 22.3 Å². The number of sulfonamides is 1. The number of fused-ring (bicyclic) bond motifs is 1. The fourth-order valence-electron chi connectivity index (χ4n) is 3.73. The van der Waals surface area contributed by atoms with Gasteiger partial charge >= 0.3 is 0 Å². The first-order valence-electron chi connectivity index (χ1n) is 9.84. The molecule has 32 heavy (non-hydrogen) atoms. The van der Waals surface area contributed by atoms with Crippen LogP contribution in [-0.2, 0) is 16.6 Å². The number of guanidine groups is 1. The topological polar surface area (TPSA) is 79.8 Å². The van der Waals surface area contributed by atoms with E-state index in [0.29, 0.717) is 16.9 Å². The molecule has 1 unspecified atom stereocenters. The summed E-state index contributed by atoms with van der Waals surface area (Å²) >= 11 is 0. The molecule has 9 heteroatoms. The third-order valence-electron chi connectivity index (χ3n) is 5.27.